The molecular weight excluding hydrogens is 286 g/mol. The zero-order chi connectivity index (χ0) is 16.1. The lowest BCUT2D eigenvalue weighted by Gasteiger charge is -2.13. The minimum absolute atomic E-state index is 0.0111. The molecule has 7 heteroatoms. The molecule has 0 aliphatic heterocycles. The second-order valence-corrected chi connectivity index (χ2v) is 4.53. The standard InChI is InChI=1S/C15H17N3O4/c1-9-12(14(19)20)13(18-15(16)17-9)10-5-3-4-6-11(10)22-8-7-21-2/h3-6H,7-8H2,1-2H3,(H,19,20)(H2,16,17,18). The van der Waals surface area contributed by atoms with E-state index in [1.165, 1.54) is 0 Å². The number of aryl methyl sites for hydroxylation is 1. The summed E-state index contributed by atoms with van der Waals surface area (Å²) in [6.07, 6.45) is 0. The van der Waals surface area contributed by atoms with Crippen LogP contribution in [0.15, 0.2) is 24.3 Å². The molecule has 7 nitrogen and oxygen atoms in total. The Bertz CT molecular complexity index is 688. The third-order valence-corrected chi connectivity index (χ3v) is 3.01. The van der Waals surface area contributed by atoms with Gasteiger partial charge in [-0.1, -0.05) is 12.1 Å². The SMILES string of the molecule is COCCOc1ccccc1-c1nc(N)nc(C)c1C(=O)O. The first kappa shape index (κ1) is 15.7. The van der Waals surface area contributed by atoms with Crippen molar-refractivity contribution in [2.24, 2.45) is 0 Å². The monoisotopic (exact) mass is 303 g/mol. The van der Waals surface area contributed by atoms with E-state index in [0.717, 1.165) is 0 Å². The van der Waals surface area contributed by atoms with Crippen LogP contribution in [0.3, 0.4) is 0 Å². The van der Waals surface area contributed by atoms with Gasteiger partial charge in [-0.2, -0.15) is 0 Å². The Morgan fingerprint density at radius 1 is 1.27 bits per heavy atom. The number of nitrogen functional groups attached to an aromatic ring is 1. The van der Waals surface area contributed by atoms with Crippen molar-refractivity contribution in [3.63, 3.8) is 0 Å². The lowest BCUT2D eigenvalue weighted by Crippen LogP contribution is -2.11. The highest BCUT2D eigenvalue weighted by Gasteiger charge is 2.21. The molecule has 0 spiro atoms. The number of carbonyl (C=O) groups is 1. The molecule has 116 valence electrons. The predicted molar refractivity (Wildman–Crippen MR) is 80.9 cm³/mol. The average Bonchev–Trinajstić information content (AvgIpc) is 2.46. The van der Waals surface area contributed by atoms with Gasteiger partial charge in [0.1, 0.15) is 17.9 Å². The molecule has 22 heavy (non-hydrogen) atoms. The minimum Gasteiger partial charge on any atom is -0.490 e. The lowest BCUT2D eigenvalue weighted by molar-refractivity contribution is 0.0696. The van der Waals surface area contributed by atoms with Gasteiger partial charge in [0, 0.05) is 12.7 Å². The van der Waals surface area contributed by atoms with Crippen molar-refractivity contribution in [2.45, 2.75) is 6.92 Å². The van der Waals surface area contributed by atoms with Gasteiger partial charge in [0.2, 0.25) is 5.95 Å². The third-order valence-electron chi connectivity index (χ3n) is 3.01. The van der Waals surface area contributed by atoms with E-state index in [2.05, 4.69) is 9.97 Å². The van der Waals surface area contributed by atoms with E-state index < -0.39 is 5.97 Å². The van der Waals surface area contributed by atoms with Gasteiger partial charge >= 0.3 is 5.97 Å². The van der Waals surface area contributed by atoms with E-state index >= 15 is 0 Å². The highest BCUT2D eigenvalue weighted by atomic mass is 16.5. The van der Waals surface area contributed by atoms with E-state index in [0.29, 0.717) is 30.2 Å². The third kappa shape index (κ3) is 3.32. The highest BCUT2D eigenvalue weighted by molar-refractivity contribution is 5.96. The maximum absolute atomic E-state index is 11.5. The van der Waals surface area contributed by atoms with E-state index in [-0.39, 0.29) is 17.2 Å². The van der Waals surface area contributed by atoms with Crippen LogP contribution < -0.4 is 10.5 Å². The maximum atomic E-state index is 11.5. The maximum Gasteiger partial charge on any atom is 0.339 e. The number of hydrogen-bond acceptors (Lipinski definition) is 6. The number of aromatic carboxylic acids is 1. The molecular formula is C15H17N3O4. The molecule has 1 aromatic carbocycles. The normalized spacial score (nSPS) is 10.5. The fraction of sp³-hybridized carbons (Fsp3) is 0.267. The summed E-state index contributed by atoms with van der Waals surface area (Å²) >= 11 is 0. The topological polar surface area (TPSA) is 108 Å². The Kier molecular flexibility index (Phi) is 4.90. The van der Waals surface area contributed by atoms with Gasteiger partial charge in [0.15, 0.2) is 0 Å². The summed E-state index contributed by atoms with van der Waals surface area (Å²) in [6, 6.07) is 7.04. The average molecular weight is 303 g/mol. The van der Waals surface area contributed by atoms with Crippen molar-refractivity contribution in [1.82, 2.24) is 9.97 Å². The molecule has 0 amide bonds. The molecule has 3 N–H and O–H groups in total. The molecule has 0 aliphatic carbocycles. The number of ether oxygens (including phenoxy) is 2. The number of hydrogen-bond donors (Lipinski definition) is 2. The zero-order valence-corrected chi connectivity index (χ0v) is 12.4. The Hall–Kier alpha value is -2.67. The van der Waals surface area contributed by atoms with Crippen molar-refractivity contribution in [3.8, 4) is 17.0 Å². The van der Waals surface area contributed by atoms with Crippen LogP contribution in [0.2, 0.25) is 0 Å². The van der Waals surface area contributed by atoms with Crippen LogP contribution in [0, 0.1) is 6.92 Å². The summed E-state index contributed by atoms with van der Waals surface area (Å²) in [6.45, 7) is 2.35. The Morgan fingerprint density at radius 3 is 2.68 bits per heavy atom. The van der Waals surface area contributed by atoms with E-state index in [1.54, 1.807) is 38.3 Å². The fourth-order valence-corrected chi connectivity index (χ4v) is 2.07. The molecule has 0 aliphatic rings. The molecule has 2 aromatic rings. The number of nitrogens with two attached hydrogens (primary N) is 1. The van der Waals surface area contributed by atoms with Crippen molar-refractivity contribution in [2.75, 3.05) is 26.1 Å². The summed E-state index contributed by atoms with van der Waals surface area (Å²) in [5.41, 5.74) is 6.77. The summed E-state index contributed by atoms with van der Waals surface area (Å²) in [4.78, 5) is 19.5. The molecule has 0 bridgehead atoms. The summed E-state index contributed by atoms with van der Waals surface area (Å²) in [7, 11) is 1.58. The number of para-hydroxylation sites is 1. The number of carboxylic acid groups (broad SMARTS) is 1. The Morgan fingerprint density at radius 2 is 2.00 bits per heavy atom. The van der Waals surface area contributed by atoms with Gasteiger partial charge in [-0.3, -0.25) is 0 Å². The zero-order valence-electron chi connectivity index (χ0n) is 12.4. The van der Waals surface area contributed by atoms with Crippen LogP contribution in [0.5, 0.6) is 5.75 Å². The van der Waals surface area contributed by atoms with Crippen molar-refractivity contribution in [3.05, 3.63) is 35.5 Å². The van der Waals surface area contributed by atoms with Crippen LogP contribution in [0.1, 0.15) is 16.1 Å². The summed E-state index contributed by atoms with van der Waals surface area (Å²) < 4.78 is 10.6. The quantitative estimate of drug-likeness (QED) is 0.783. The summed E-state index contributed by atoms with van der Waals surface area (Å²) in [5.74, 6) is -0.581. The molecule has 1 heterocycles. The van der Waals surface area contributed by atoms with Crippen LogP contribution in [0.4, 0.5) is 5.95 Å². The first-order chi connectivity index (χ1) is 10.5. The first-order valence-electron chi connectivity index (χ1n) is 6.63. The second kappa shape index (κ2) is 6.86. The molecule has 0 saturated heterocycles. The predicted octanol–water partition coefficient (Wildman–Crippen LogP) is 1.76. The van der Waals surface area contributed by atoms with Crippen molar-refractivity contribution >= 4 is 11.9 Å². The number of rotatable bonds is 6. The Labute approximate surface area is 127 Å². The van der Waals surface area contributed by atoms with Crippen LogP contribution in [-0.4, -0.2) is 41.4 Å². The molecule has 0 atom stereocenters. The molecule has 2 rings (SSSR count). The molecule has 0 saturated carbocycles. The minimum atomic E-state index is -1.11. The van der Waals surface area contributed by atoms with Gasteiger partial charge in [0.25, 0.3) is 0 Å². The van der Waals surface area contributed by atoms with Crippen molar-refractivity contribution < 1.29 is 19.4 Å². The first-order valence-corrected chi connectivity index (χ1v) is 6.63. The molecule has 0 radical (unpaired) electrons. The molecule has 1 aromatic heterocycles. The molecule has 0 unspecified atom stereocenters. The van der Waals surface area contributed by atoms with Gasteiger partial charge < -0.3 is 20.3 Å². The number of carboxylic acids is 1. The van der Waals surface area contributed by atoms with Crippen LogP contribution >= 0.6 is 0 Å². The van der Waals surface area contributed by atoms with Gasteiger partial charge in [-0.25, -0.2) is 14.8 Å². The summed E-state index contributed by atoms with van der Waals surface area (Å²) in [5, 5.41) is 9.42. The molecule has 0 fully saturated rings. The largest absolute Gasteiger partial charge is 0.490 e. The number of methoxy groups -OCH3 is 1. The van der Waals surface area contributed by atoms with E-state index in [4.69, 9.17) is 15.2 Å². The van der Waals surface area contributed by atoms with Crippen LogP contribution in [-0.2, 0) is 4.74 Å². The van der Waals surface area contributed by atoms with Gasteiger partial charge in [-0.15, -0.1) is 0 Å². The van der Waals surface area contributed by atoms with E-state index in [1.807, 2.05) is 0 Å². The van der Waals surface area contributed by atoms with Crippen molar-refractivity contribution in [1.29, 1.82) is 0 Å². The van der Waals surface area contributed by atoms with E-state index in [9.17, 15) is 9.90 Å². The Balaban J connectivity index is 2.54. The smallest absolute Gasteiger partial charge is 0.339 e. The number of anilines is 1. The number of nitrogens with zero attached hydrogens (tertiary/aromatic N) is 2. The lowest BCUT2D eigenvalue weighted by atomic mass is 10.0. The fourth-order valence-electron chi connectivity index (χ4n) is 2.07. The van der Waals surface area contributed by atoms with Crippen LogP contribution in [0.25, 0.3) is 11.3 Å². The van der Waals surface area contributed by atoms with Gasteiger partial charge in [-0.05, 0) is 19.1 Å². The second-order valence-electron chi connectivity index (χ2n) is 4.53. The van der Waals surface area contributed by atoms with Gasteiger partial charge in [0.05, 0.1) is 18.0 Å². The highest BCUT2D eigenvalue weighted by Crippen LogP contribution is 2.32. The number of aromatic nitrogens is 2. The number of benzene rings is 1.